The zero-order valence-corrected chi connectivity index (χ0v) is 10.8. The molecule has 5 heteroatoms. The van der Waals surface area contributed by atoms with Crippen molar-refractivity contribution in [2.45, 2.75) is 17.7 Å². The molecule has 0 spiro atoms. The van der Waals surface area contributed by atoms with Crippen molar-refractivity contribution < 1.29 is 5.11 Å². The van der Waals surface area contributed by atoms with Gasteiger partial charge in [-0.1, -0.05) is 42.1 Å². The summed E-state index contributed by atoms with van der Waals surface area (Å²) in [4.78, 5) is 17.8. The molecule has 2 aromatic rings. The molecular formula is C13H14N2O2S. The van der Waals surface area contributed by atoms with Crippen molar-refractivity contribution in [1.29, 1.82) is 0 Å². The summed E-state index contributed by atoms with van der Waals surface area (Å²) in [6, 6.07) is 10.8. The number of H-pyrrole nitrogens is 1. The Morgan fingerprint density at radius 2 is 2.06 bits per heavy atom. The molecule has 1 heterocycles. The van der Waals surface area contributed by atoms with Gasteiger partial charge in [-0.3, -0.25) is 4.79 Å². The standard InChI is InChI=1S/C13H14N2O2S/c1-13(17,10-5-3-2-4-6-10)9-18-12-14-8-7-11(16)15-12/h2-8,17H,9H2,1H3,(H,14,15,16). The van der Waals surface area contributed by atoms with Crippen LogP contribution in [-0.4, -0.2) is 20.8 Å². The van der Waals surface area contributed by atoms with Gasteiger partial charge in [0.25, 0.3) is 5.56 Å². The van der Waals surface area contributed by atoms with Crippen LogP contribution in [0.5, 0.6) is 0 Å². The molecule has 0 aliphatic heterocycles. The van der Waals surface area contributed by atoms with Gasteiger partial charge in [-0.15, -0.1) is 0 Å². The minimum absolute atomic E-state index is 0.188. The molecule has 1 atom stereocenters. The lowest BCUT2D eigenvalue weighted by Gasteiger charge is -2.22. The summed E-state index contributed by atoms with van der Waals surface area (Å²) in [5.41, 5.74) is -0.303. The van der Waals surface area contributed by atoms with E-state index < -0.39 is 5.60 Å². The van der Waals surface area contributed by atoms with E-state index in [0.717, 1.165) is 5.56 Å². The number of nitrogens with zero attached hydrogens (tertiary/aromatic N) is 1. The lowest BCUT2D eigenvalue weighted by Crippen LogP contribution is -2.24. The Morgan fingerprint density at radius 3 is 2.72 bits per heavy atom. The second kappa shape index (κ2) is 5.37. The van der Waals surface area contributed by atoms with Gasteiger partial charge in [0.15, 0.2) is 5.16 Å². The highest BCUT2D eigenvalue weighted by Gasteiger charge is 2.23. The lowest BCUT2D eigenvalue weighted by atomic mass is 9.99. The van der Waals surface area contributed by atoms with Crippen molar-refractivity contribution in [1.82, 2.24) is 9.97 Å². The lowest BCUT2D eigenvalue weighted by molar-refractivity contribution is 0.0839. The van der Waals surface area contributed by atoms with Crippen molar-refractivity contribution in [3.05, 3.63) is 58.5 Å². The molecule has 1 aromatic heterocycles. The van der Waals surface area contributed by atoms with Crippen molar-refractivity contribution in [3.8, 4) is 0 Å². The molecule has 0 fully saturated rings. The summed E-state index contributed by atoms with van der Waals surface area (Å²) in [6.07, 6.45) is 1.46. The Kier molecular flexibility index (Phi) is 3.84. The first kappa shape index (κ1) is 12.9. The molecule has 4 nitrogen and oxygen atoms in total. The van der Waals surface area contributed by atoms with Gasteiger partial charge in [-0.2, -0.15) is 0 Å². The molecule has 0 saturated carbocycles. The Labute approximate surface area is 109 Å². The predicted molar refractivity (Wildman–Crippen MR) is 71.6 cm³/mol. The van der Waals surface area contributed by atoms with Crippen LogP contribution < -0.4 is 5.56 Å². The number of aromatic amines is 1. The molecule has 94 valence electrons. The molecule has 0 aliphatic carbocycles. The van der Waals surface area contributed by atoms with Crippen LogP contribution in [0.3, 0.4) is 0 Å². The summed E-state index contributed by atoms with van der Waals surface area (Å²) < 4.78 is 0. The van der Waals surface area contributed by atoms with Crippen molar-refractivity contribution in [2.24, 2.45) is 0 Å². The molecular weight excluding hydrogens is 248 g/mol. The average molecular weight is 262 g/mol. The van der Waals surface area contributed by atoms with Crippen LogP contribution in [0.15, 0.2) is 52.5 Å². The smallest absolute Gasteiger partial charge is 0.251 e. The Bertz CT molecular complexity index is 566. The SMILES string of the molecule is CC(O)(CSc1nccc(=O)[nH]1)c1ccccc1. The van der Waals surface area contributed by atoms with Gasteiger partial charge in [0, 0.05) is 18.0 Å². The fourth-order valence-corrected chi connectivity index (χ4v) is 2.41. The molecule has 0 aliphatic rings. The maximum Gasteiger partial charge on any atom is 0.251 e. The van der Waals surface area contributed by atoms with Gasteiger partial charge in [0.05, 0.1) is 5.60 Å². The highest BCUT2D eigenvalue weighted by Crippen LogP contribution is 2.27. The second-order valence-electron chi connectivity index (χ2n) is 4.17. The summed E-state index contributed by atoms with van der Waals surface area (Å²) in [5, 5.41) is 10.9. The Hall–Kier alpha value is -1.59. The molecule has 1 unspecified atom stereocenters. The number of rotatable bonds is 4. The predicted octanol–water partition coefficient (Wildman–Crippen LogP) is 1.77. The quantitative estimate of drug-likeness (QED) is 0.651. The van der Waals surface area contributed by atoms with Crippen LogP contribution in [-0.2, 0) is 5.60 Å². The van der Waals surface area contributed by atoms with Crippen molar-refractivity contribution >= 4 is 11.8 Å². The Balaban J connectivity index is 2.08. The minimum Gasteiger partial charge on any atom is -0.385 e. The number of hydrogen-bond acceptors (Lipinski definition) is 4. The first-order valence-corrected chi connectivity index (χ1v) is 6.52. The molecule has 18 heavy (non-hydrogen) atoms. The van der Waals surface area contributed by atoms with Crippen LogP contribution in [0.1, 0.15) is 12.5 Å². The molecule has 2 N–H and O–H groups in total. The van der Waals surface area contributed by atoms with Gasteiger partial charge in [-0.05, 0) is 12.5 Å². The zero-order valence-electron chi connectivity index (χ0n) is 9.96. The summed E-state index contributed by atoms with van der Waals surface area (Å²) in [6.45, 7) is 1.75. The van der Waals surface area contributed by atoms with E-state index in [0.29, 0.717) is 10.9 Å². The third kappa shape index (κ3) is 3.21. The van der Waals surface area contributed by atoms with Gasteiger partial charge in [0.1, 0.15) is 0 Å². The molecule has 0 saturated heterocycles. The zero-order chi connectivity index (χ0) is 13.0. The number of nitrogens with one attached hydrogen (secondary N) is 1. The number of aliphatic hydroxyl groups is 1. The third-order valence-corrected chi connectivity index (χ3v) is 3.72. The highest BCUT2D eigenvalue weighted by atomic mass is 32.2. The van der Waals surface area contributed by atoms with E-state index >= 15 is 0 Å². The van der Waals surface area contributed by atoms with Crippen LogP contribution in [0, 0.1) is 0 Å². The van der Waals surface area contributed by atoms with Gasteiger partial charge < -0.3 is 10.1 Å². The molecule has 0 bridgehead atoms. The van der Waals surface area contributed by atoms with E-state index in [9.17, 15) is 9.90 Å². The van der Waals surface area contributed by atoms with Crippen LogP contribution in [0.25, 0.3) is 0 Å². The fraction of sp³-hybridized carbons (Fsp3) is 0.231. The molecule has 0 radical (unpaired) electrons. The summed E-state index contributed by atoms with van der Waals surface area (Å²) in [7, 11) is 0. The average Bonchev–Trinajstić information content (AvgIpc) is 2.38. The number of aromatic nitrogens is 2. The maximum absolute atomic E-state index is 11.1. The first-order valence-electron chi connectivity index (χ1n) is 5.54. The summed E-state index contributed by atoms with van der Waals surface area (Å²) >= 11 is 1.32. The van der Waals surface area contributed by atoms with E-state index in [4.69, 9.17) is 0 Å². The van der Waals surface area contributed by atoms with Gasteiger partial charge >= 0.3 is 0 Å². The van der Waals surface area contributed by atoms with Crippen LogP contribution >= 0.6 is 11.8 Å². The molecule has 1 aromatic carbocycles. The summed E-state index contributed by atoms with van der Waals surface area (Å²) in [5.74, 6) is 0.421. The Morgan fingerprint density at radius 1 is 1.33 bits per heavy atom. The molecule has 2 rings (SSSR count). The van der Waals surface area contributed by atoms with Crippen molar-refractivity contribution in [2.75, 3.05) is 5.75 Å². The van der Waals surface area contributed by atoms with E-state index in [1.165, 1.54) is 24.0 Å². The first-order chi connectivity index (χ1) is 8.58. The number of hydrogen-bond donors (Lipinski definition) is 2. The van der Waals surface area contributed by atoms with Crippen molar-refractivity contribution in [3.63, 3.8) is 0 Å². The van der Waals surface area contributed by atoms with Gasteiger partial charge in [0.2, 0.25) is 0 Å². The van der Waals surface area contributed by atoms with E-state index in [1.807, 2.05) is 30.3 Å². The monoisotopic (exact) mass is 262 g/mol. The van der Waals surface area contributed by atoms with E-state index in [-0.39, 0.29) is 5.56 Å². The largest absolute Gasteiger partial charge is 0.385 e. The highest BCUT2D eigenvalue weighted by molar-refractivity contribution is 7.99. The topological polar surface area (TPSA) is 66.0 Å². The normalized spacial score (nSPS) is 14.1. The molecule has 0 amide bonds. The van der Waals surface area contributed by atoms with Gasteiger partial charge in [-0.25, -0.2) is 4.98 Å². The van der Waals surface area contributed by atoms with Crippen LogP contribution in [0.4, 0.5) is 0 Å². The fourth-order valence-electron chi connectivity index (χ4n) is 1.51. The van der Waals surface area contributed by atoms with E-state index in [1.54, 1.807) is 6.92 Å². The second-order valence-corrected chi connectivity index (χ2v) is 5.13. The minimum atomic E-state index is -0.958. The van der Waals surface area contributed by atoms with E-state index in [2.05, 4.69) is 9.97 Å². The third-order valence-electron chi connectivity index (χ3n) is 2.53. The maximum atomic E-state index is 11.1. The number of thioether (sulfide) groups is 1. The van der Waals surface area contributed by atoms with Crippen LogP contribution in [0.2, 0.25) is 0 Å². The number of benzene rings is 1.